The van der Waals surface area contributed by atoms with Crippen LogP contribution in [0.5, 0.6) is 0 Å². The van der Waals surface area contributed by atoms with E-state index < -0.39 is 0 Å². The summed E-state index contributed by atoms with van der Waals surface area (Å²) in [6, 6.07) is 7.84. The first-order valence-corrected chi connectivity index (χ1v) is 9.92. The molecular formula is C21H20BrN3O3. The van der Waals surface area contributed by atoms with Crippen molar-refractivity contribution in [2.45, 2.75) is 33.1 Å². The lowest BCUT2D eigenvalue weighted by Gasteiger charge is -2.09. The maximum absolute atomic E-state index is 13.0. The van der Waals surface area contributed by atoms with Gasteiger partial charge in [-0.2, -0.15) is 5.10 Å². The minimum absolute atomic E-state index is 0.0495. The molecule has 4 rings (SSSR count). The van der Waals surface area contributed by atoms with E-state index in [-0.39, 0.29) is 17.5 Å². The summed E-state index contributed by atoms with van der Waals surface area (Å²) in [7, 11) is 1.79. The number of furan rings is 1. The number of benzene rings is 1. The van der Waals surface area contributed by atoms with Crippen LogP contribution in [0.3, 0.4) is 0 Å². The van der Waals surface area contributed by atoms with Gasteiger partial charge in [0.1, 0.15) is 11.6 Å². The third kappa shape index (κ3) is 3.09. The Balaban J connectivity index is 1.72. The number of ketones is 1. The number of nitrogens with one attached hydrogen (secondary N) is 1. The van der Waals surface area contributed by atoms with Gasteiger partial charge in [-0.05, 0) is 38.0 Å². The van der Waals surface area contributed by atoms with Gasteiger partial charge in [-0.1, -0.05) is 28.1 Å². The average molecular weight is 442 g/mol. The lowest BCUT2D eigenvalue weighted by molar-refractivity contribution is 0.0963. The molecule has 28 heavy (non-hydrogen) atoms. The fraction of sp³-hybridized carbons (Fsp3) is 0.286. The number of aryl methyl sites for hydroxylation is 3. The molecule has 0 fully saturated rings. The molecule has 7 heteroatoms. The molecule has 1 N–H and O–H groups in total. The van der Waals surface area contributed by atoms with Crippen molar-refractivity contribution in [2.24, 2.45) is 7.05 Å². The van der Waals surface area contributed by atoms with Crippen molar-refractivity contribution in [1.29, 1.82) is 0 Å². The monoisotopic (exact) mass is 441 g/mol. The van der Waals surface area contributed by atoms with Crippen molar-refractivity contribution in [1.82, 2.24) is 9.78 Å². The van der Waals surface area contributed by atoms with Gasteiger partial charge in [0.05, 0.1) is 11.3 Å². The maximum atomic E-state index is 13.0. The molecule has 0 saturated heterocycles. The number of fused-ring (bicyclic) bond motifs is 1. The van der Waals surface area contributed by atoms with Crippen LogP contribution in [0.25, 0.3) is 11.1 Å². The summed E-state index contributed by atoms with van der Waals surface area (Å²) >= 11 is 3.44. The number of halogens is 1. The molecule has 2 heterocycles. The van der Waals surface area contributed by atoms with Crippen LogP contribution in [0.4, 0.5) is 5.82 Å². The number of amides is 1. The van der Waals surface area contributed by atoms with Gasteiger partial charge < -0.3 is 9.73 Å². The Kier molecular flexibility index (Phi) is 4.71. The Morgan fingerprint density at radius 1 is 1.18 bits per heavy atom. The van der Waals surface area contributed by atoms with E-state index in [1.165, 1.54) is 0 Å². The summed E-state index contributed by atoms with van der Waals surface area (Å²) in [6.45, 7) is 3.67. The Morgan fingerprint density at radius 3 is 2.57 bits per heavy atom. The smallest absolute Gasteiger partial charge is 0.292 e. The van der Waals surface area contributed by atoms with E-state index in [1.54, 1.807) is 18.7 Å². The van der Waals surface area contributed by atoms with Crippen LogP contribution in [0.1, 0.15) is 50.8 Å². The predicted molar refractivity (Wildman–Crippen MR) is 110 cm³/mol. The first kappa shape index (κ1) is 18.7. The topological polar surface area (TPSA) is 77.1 Å². The summed E-state index contributed by atoms with van der Waals surface area (Å²) in [5.41, 5.74) is 3.81. The van der Waals surface area contributed by atoms with Crippen LogP contribution in [0.2, 0.25) is 0 Å². The Bertz CT molecular complexity index is 1090. The molecular weight excluding hydrogens is 422 g/mol. The number of hydrogen-bond acceptors (Lipinski definition) is 4. The SMILES string of the molecule is Cc1nn(C)c(NC(=O)c2oc3c(c2C)C(=O)CCC3)c1-c1ccc(Br)cc1. The van der Waals surface area contributed by atoms with Crippen molar-refractivity contribution in [3.8, 4) is 11.1 Å². The number of hydrogen-bond donors (Lipinski definition) is 1. The molecule has 6 nitrogen and oxygen atoms in total. The number of aromatic nitrogens is 2. The highest BCUT2D eigenvalue weighted by molar-refractivity contribution is 9.10. The third-order valence-electron chi connectivity index (χ3n) is 5.10. The molecule has 0 unspecified atom stereocenters. The van der Waals surface area contributed by atoms with E-state index in [0.717, 1.165) is 27.7 Å². The van der Waals surface area contributed by atoms with Crippen LogP contribution < -0.4 is 5.32 Å². The fourth-order valence-electron chi connectivity index (χ4n) is 3.79. The van der Waals surface area contributed by atoms with Gasteiger partial charge in [-0.3, -0.25) is 14.3 Å². The summed E-state index contributed by atoms with van der Waals surface area (Å²) in [5, 5.41) is 7.40. The van der Waals surface area contributed by atoms with Crippen molar-refractivity contribution in [3.05, 3.63) is 57.1 Å². The molecule has 1 aliphatic carbocycles. The minimum Gasteiger partial charge on any atom is -0.455 e. The molecule has 2 aromatic heterocycles. The highest BCUT2D eigenvalue weighted by Crippen LogP contribution is 2.34. The van der Waals surface area contributed by atoms with E-state index >= 15 is 0 Å². The Hall–Kier alpha value is -2.67. The lowest BCUT2D eigenvalue weighted by atomic mass is 9.94. The fourth-order valence-corrected chi connectivity index (χ4v) is 4.06. The van der Waals surface area contributed by atoms with Gasteiger partial charge in [0.15, 0.2) is 11.5 Å². The molecule has 1 amide bonds. The van der Waals surface area contributed by atoms with Gasteiger partial charge in [0, 0.05) is 35.5 Å². The first-order valence-electron chi connectivity index (χ1n) is 9.13. The number of anilines is 1. The van der Waals surface area contributed by atoms with E-state index in [2.05, 4.69) is 26.3 Å². The second kappa shape index (κ2) is 7.05. The predicted octanol–water partition coefficient (Wildman–Crippen LogP) is 4.83. The molecule has 0 atom stereocenters. The van der Waals surface area contributed by atoms with E-state index in [9.17, 15) is 9.59 Å². The molecule has 0 bridgehead atoms. The number of Topliss-reactive ketones (excluding diaryl/α,β-unsaturated/α-hetero) is 1. The molecule has 0 saturated carbocycles. The summed E-state index contributed by atoms with van der Waals surface area (Å²) < 4.78 is 8.40. The van der Waals surface area contributed by atoms with Gasteiger partial charge in [-0.15, -0.1) is 0 Å². The number of rotatable bonds is 3. The van der Waals surface area contributed by atoms with Crippen LogP contribution in [-0.2, 0) is 13.5 Å². The Labute approximate surface area is 171 Å². The zero-order valence-corrected chi connectivity index (χ0v) is 17.5. The van der Waals surface area contributed by atoms with Crippen molar-refractivity contribution in [2.75, 3.05) is 5.32 Å². The van der Waals surface area contributed by atoms with Gasteiger partial charge >= 0.3 is 0 Å². The number of carbonyl (C=O) groups is 2. The van der Waals surface area contributed by atoms with Gasteiger partial charge in [-0.25, -0.2) is 0 Å². The van der Waals surface area contributed by atoms with Crippen molar-refractivity contribution >= 4 is 33.4 Å². The number of nitrogens with zero attached hydrogens (tertiary/aromatic N) is 2. The second-order valence-electron chi connectivity index (χ2n) is 7.02. The molecule has 1 aliphatic rings. The quantitative estimate of drug-likeness (QED) is 0.631. The summed E-state index contributed by atoms with van der Waals surface area (Å²) in [6.07, 6.45) is 1.95. The van der Waals surface area contributed by atoms with Crippen molar-refractivity contribution < 1.29 is 14.0 Å². The molecule has 3 aromatic rings. The average Bonchev–Trinajstić information content (AvgIpc) is 3.13. The standard InChI is InChI=1S/C21H20BrN3O3/c1-11-17-15(26)5-4-6-16(17)28-19(11)21(27)23-20-18(12(2)24-25(20)3)13-7-9-14(22)10-8-13/h7-10H,4-6H2,1-3H3,(H,23,27). The van der Waals surface area contributed by atoms with Crippen molar-refractivity contribution in [3.63, 3.8) is 0 Å². The third-order valence-corrected chi connectivity index (χ3v) is 5.63. The van der Waals surface area contributed by atoms with Crippen LogP contribution in [0.15, 0.2) is 33.2 Å². The largest absolute Gasteiger partial charge is 0.455 e. The number of carbonyl (C=O) groups excluding carboxylic acids is 2. The normalized spacial score (nSPS) is 13.5. The highest BCUT2D eigenvalue weighted by atomic mass is 79.9. The van der Waals surface area contributed by atoms with E-state index in [4.69, 9.17) is 4.42 Å². The van der Waals surface area contributed by atoms with Crippen LogP contribution >= 0.6 is 15.9 Å². The summed E-state index contributed by atoms with van der Waals surface area (Å²) in [4.78, 5) is 25.2. The lowest BCUT2D eigenvalue weighted by Crippen LogP contribution is -2.16. The van der Waals surface area contributed by atoms with Gasteiger partial charge in [0.2, 0.25) is 0 Å². The summed E-state index contributed by atoms with van der Waals surface area (Å²) in [5.74, 6) is 1.08. The highest BCUT2D eigenvalue weighted by Gasteiger charge is 2.29. The molecule has 144 valence electrons. The van der Waals surface area contributed by atoms with E-state index in [0.29, 0.717) is 35.5 Å². The van der Waals surface area contributed by atoms with Crippen LogP contribution in [-0.4, -0.2) is 21.5 Å². The van der Waals surface area contributed by atoms with Crippen LogP contribution in [0, 0.1) is 13.8 Å². The zero-order chi connectivity index (χ0) is 20.0. The Morgan fingerprint density at radius 2 is 1.89 bits per heavy atom. The first-order chi connectivity index (χ1) is 13.4. The molecule has 0 radical (unpaired) electrons. The molecule has 1 aromatic carbocycles. The maximum Gasteiger partial charge on any atom is 0.292 e. The van der Waals surface area contributed by atoms with Gasteiger partial charge in [0.25, 0.3) is 5.91 Å². The molecule has 0 spiro atoms. The van der Waals surface area contributed by atoms with E-state index in [1.807, 2.05) is 31.2 Å². The zero-order valence-electron chi connectivity index (χ0n) is 15.9. The molecule has 0 aliphatic heterocycles. The second-order valence-corrected chi connectivity index (χ2v) is 7.94. The minimum atomic E-state index is -0.374.